The van der Waals surface area contributed by atoms with Gasteiger partial charge in [0.1, 0.15) is 5.82 Å². The van der Waals surface area contributed by atoms with Crippen molar-refractivity contribution in [3.05, 3.63) is 65.2 Å². The molecule has 1 aromatic heterocycles. The van der Waals surface area contributed by atoms with E-state index in [0.29, 0.717) is 36.7 Å². The van der Waals surface area contributed by atoms with Gasteiger partial charge >= 0.3 is 0 Å². The van der Waals surface area contributed by atoms with Crippen molar-refractivity contribution in [2.45, 2.75) is 20.4 Å². The van der Waals surface area contributed by atoms with E-state index < -0.39 is 0 Å². The Balaban J connectivity index is 1.81. The summed E-state index contributed by atoms with van der Waals surface area (Å²) in [5.41, 5.74) is 2.07. The summed E-state index contributed by atoms with van der Waals surface area (Å²) in [4.78, 5) is 20.3. The molecule has 7 heteroatoms. The summed E-state index contributed by atoms with van der Waals surface area (Å²) in [5, 5.41) is 9.12. The molecule has 3 N–H and O–H groups in total. The molecule has 0 fully saturated rings. The quantitative estimate of drug-likeness (QED) is 0.402. The van der Waals surface area contributed by atoms with Crippen LogP contribution in [0.3, 0.4) is 0 Å². The van der Waals surface area contributed by atoms with Crippen LogP contribution in [0.4, 0.5) is 4.39 Å². The second kappa shape index (κ2) is 10.1. The highest BCUT2D eigenvalue weighted by atomic mass is 19.1. The summed E-state index contributed by atoms with van der Waals surface area (Å²) < 4.78 is 13.3. The second-order valence-electron chi connectivity index (χ2n) is 5.70. The topological polar surface area (TPSA) is 78.4 Å². The predicted octanol–water partition coefficient (Wildman–Crippen LogP) is 2.01. The maximum atomic E-state index is 13.3. The molecule has 1 heterocycles. The molecule has 0 bridgehead atoms. The minimum absolute atomic E-state index is 0.163. The molecule has 0 spiro atoms. The summed E-state index contributed by atoms with van der Waals surface area (Å²) in [7, 11) is 0. The summed E-state index contributed by atoms with van der Waals surface area (Å²) in [6.45, 7) is 5.85. The third-order valence-corrected chi connectivity index (χ3v) is 3.61. The lowest BCUT2D eigenvalue weighted by atomic mass is 10.1. The van der Waals surface area contributed by atoms with Crippen molar-refractivity contribution in [3.8, 4) is 0 Å². The zero-order valence-electron chi connectivity index (χ0n) is 15.1. The van der Waals surface area contributed by atoms with Crippen LogP contribution in [0.15, 0.2) is 47.7 Å². The number of hydrogen-bond donors (Lipinski definition) is 3. The van der Waals surface area contributed by atoms with Crippen LogP contribution >= 0.6 is 0 Å². The number of rotatable bonds is 7. The van der Waals surface area contributed by atoms with Gasteiger partial charge in [0.2, 0.25) is 0 Å². The maximum absolute atomic E-state index is 13.3. The Morgan fingerprint density at radius 2 is 2.00 bits per heavy atom. The highest BCUT2D eigenvalue weighted by Crippen LogP contribution is 2.09. The Labute approximate surface area is 152 Å². The molecular weight excluding hydrogens is 333 g/mol. The number of halogens is 1. The standard InChI is InChI=1S/C19H24FN5O/c1-3-22-19(25-12-15-6-7-17(20)14(2)11-15)24-10-9-23-18(26)16-5-4-8-21-13-16/h4-8,11,13H,3,9-10,12H2,1-2H3,(H,23,26)(H2,22,24,25). The molecule has 2 aromatic rings. The van der Waals surface area contributed by atoms with Crippen LogP contribution in [0.25, 0.3) is 0 Å². The van der Waals surface area contributed by atoms with Gasteiger partial charge in [-0.2, -0.15) is 0 Å². The molecule has 2 rings (SSSR count). The van der Waals surface area contributed by atoms with Gasteiger partial charge in [-0.1, -0.05) is 12.1 Å². The molecule has 138 valence electrons. The molecule has 0 aliphatic rings. The van der Waals surface area contributed by atoms with Gasteiger partial charge in [0.15, 0.2) is 5.96 Å². The van der Waals surface area contributed by atoms with E-state index in [1.165, 1.54) is 12.3 Å². The summed E-state index contributed by atoms with van der Waals surface area (Å²) in [6, 6.07) is 8.40. The Morgan fingerprint density at radius 3 is 2.69 bits per heavy atom. The van der Waals surface area contributed by atoms with E-state index in [1.54, 1.807) is 37.4 Å². The highest BCUT2D eigenvalue weighted by molar-refractivity contribution is 5.93. The van der Waals surface area contributed by atoms with E-state index >= 15 is 0 Å². The fourth-order valence-corrected chi connectivity index (χ4v) is 2.27. The van der Waals surface area contributed by atoms with E-state index in [4.69, 9.17) is 0 Å². The number of benzene rings is 1. The molecule has 1 amide bonds. The highest BCUT2D eigenvalue weighted by Gasteiger charge is 2.04. The number of guanidine groups is 1. The number of aryl methyl sites for hydroxylation is 1. The van der Waals surface area contributed by atoms with Gasteiger partial charge in [0.05, 0.1) is 12.1 Å². The molecule has 0 atom stereocenters. The van der Waals surface area contributed by atoms with Crippen LogP contribution in [-0.2, 0) is 6.54 Å². The maximum Gasteiger partial charge on any atom is 0.252 e. The van der Waals surface area contributed by atoms with E-state index in [1.807, 2.05) is 6.92 Å². The van der Waals surface area contributed by atoms with Crippen molar-refractivity contribution in [3.63, 3.8) is 0 Å². The van der Waals surface area contributed by atoms with Crippen LogP contribution in [0, 0.1) is 12.7 Å². The fraction of sp³-hybridized carbons (Fsp3) is 0.316. The van der Waals surface area contributed by atoms with Gasteiger partial charge in [0.25, 0.3) is 5.91 Å². The Kier molecular flexibility index (Phi) is 7.54. The minimum Gasteiger partial charge on any atom is -0.357 e. The number of hydrogen-bond acceptors (Lipinski definition) is 3. The van der Waals surface area contributed by atoms with Gasteiger partial charge in [-0.15, -0.1) is 0 Å². The largest absolute Gasteiger partial charge is 0.357 e. The molecule has 0 aliphatic carbocycles. The smallest absolute Gasteiger partial charge is 0.252 e. The van der Waals surface area contributed by atoms with Crippen molar-refractivity contribution in [2.24, 2.45) is 4.99 Å². The monoisotopic (exact) mass is 357 g/mol. The van der Waals surface area contributed by atoms with Gasteiger partial charge < -0.3 is 16.0 Å². The molecule has 0 aliphatic heterocycles. The summed E-state index contributed by atoms with van der Waals surface area (Å²) in [5.74, 6) is 0.265. The molecule has 0 unspecified atom stereocenters. The average molecular weight is 357 g/mol. The number of pyridine rings is 1. The number of amides is 1. The van der Waals surface area contributed by atoms with Crippen molar-refractivity contribution < 1.29 is 9.18 Å². The van der Waals surface area contributed by atoms with Gasteiger partial charge in [0, 0.05) is 32.0 Å². The zero-order chi connectivity index (χ0) is 18.8. The first-order valence-electron chi connectivity index (χ1n) is 8.55. The van der Waals surface area contributed by atoms with E-state index in [2.05, 4.69) is 25.9 Å². The van der Waals surface area contributed by atoms with Crippen molar-refractivity contribution in [1.29, 1.82) is 0 Å². The lowest BCUT2D eigenvalue weighted by molar-refractivity contribution is 0.0954. The van der Waals surface area contributed by atoms with Crippen molar-refractivity contribution in [2.75, 3.05) is 19.6 Å². The molecule has 0 saturated carbocycles. The first kappa shape index (κ1) is 19.4. The Hall–Kier alpha value is -2.96. The minimum atomic E-state index is -0.216. The molecule has 0 saturated heterocycles. The molecule has 1 aromatic carbocycles. The van der Waals surface area contributed by atoms with Gasteiger partial charge in [-0.25, -0.2) is 9.38 Å². The summed E-state index contributed by atoms with van der Waals surface area (Å²) in [6.07, 6.45) is 3.15. The van der Waals surface area contributed by atoms with Crippen molar-refractivity contribution in [1.82, 2.24) is 20.9 Å². The Morgan fingerprint density at radius 1 is 1.19 bits per heavy atom. The first-order valence-corrected chi connectivity index (χ1v) is 8.55. The zero-order valence-corrected chi connectivity index (χ0v) is 15.1. The molecular formula is C19H24FN5O. The first-order chi connectivity index (χ1) is 12.6. The molecule has 6 nitrogen and oxygen atoms in total. The van der Waals surface area contributed by atoms with Gasteiger partial charge in [-0.05, 0) is 43.2 Å². The van der Waals surface area contributed by atoms with Crippen LogP contribution in [0.5, 0.6) is 0 Å². The fourth-order valence-electron chi connectivity index (χ4n) is 2.27. The van der Waals surface area contributed by atoms with Crippen LogP contribution in [0.1, 0.15) is 28.4 Å². The normalized spacial score (nSPS) is 11.1. The number of aromatic nitrogens is 1. The number of nitrogens with one attached hydrogen (secondary N) is 3. The van der Waals surface area contributed by atoms with E-state index in [-0.39, 0.29) is 11.7 Å². The molecule has 0 radical (unpaired) electrons. The van der Waals surface area contributed by atoms with Crippen molar-refractivity contribution >= 4 is 11.9 Å². The van der Waals surface area contributed by atoms with Gasteiger partial charge in [-0.3, -0.25) is 9.78 Å². The predicted molar refractivity (Wildman–Crippen MR) is 101 cm³/mol. The summed E-state index contributed by atoms with van der Waals surface area (Å²) >= 11 is 0. The van der Waals surface area contributed by atoms with Crippen LogP contribution in [-0.4, -0.2) is 36.5 Å². The Bertz CT molecular complexity index is 749. The van der Waals surface area contributed by atoms with Crippen LogP contribution < -0.4 is 16.0 Å². The third kappa shape index (κ3) is 6.16. The second-order valence-corrected chi connectivity index (χ2v) is 5.70. The molecule has 26 heavy (non-hydrogen) atoms. The number of carbonyl (C=O) groups is 1. The number of carbonyl (C=O) groups excluding carboxylic acids is 1. The average Bonchev–Trinajstić information content (AvgIpc) is 2.66. The van der Waals surface area contributed by atoms with E-state index in [0.717, 1.165) is 12.1 Å². The third-order valence-electron chi connectivity index (χ3n) is 3.61. The number of nitrogens with zero attached hydrogens (tertiary/aromatic N) is 2. The van der Waals surface area contributed by atoms with Crippen LogP contribution in [0.2, 0.25) is 0 Å². The number of aliphatic imine (C=N–C) groups is 1. The van der Waals surface area contributed by atoms with E-state index in [9.17, 15) is 9.18 Å². The lowest BCUT2D eigenvalue weighted by Gasteiger charge is -2.12. The SMILES string of the molecule is CCNC(=NCc1ccc(F)c(C)c1)NCCNC(=O)c1cccnc1. The lowest BCUT2D eigenvalue weighted by Crippen LogP contribution is -2.41.